The van der Waals surface area contributed by atoms with Crippen molar-refractivity contribution < 1.29 is 5.11 Å². The van der Waals surface area contributed by atoms with E-state index in [-0.39, 0.29) is 0 Å². The maximum absolute atomic E-state index is 9.81. The molecule has 0 fully saturated rings. The van der Waals surface area contributed by atoms with E-state index in [2.05, 4.69) is 10.9 Å². The average Bonchev–Trinajstić information content (AvgIpc) is 2.16. The zero-order valence-corrected chi connectivity index (χ0v) is 7.10. The largest absolute Gasteiger partial charge is 0.379 e. The molecule has 3 N–H and O–H groups in total. The van der Waals surface area contributed by atoms with Crippen molar-refractivity contribution in [2.45, 2.75) is 19.4 Å². The summed E-state index contributed by atoms with van der Waals surface area (Å²) in [5, 5.41) is 9.81. The molecule has 0 aliphatic heterocycles. The molecular weight excluding hydrogens is 140 g/mol. The van der Waals surface area contributed by atoms with Gasteiger partial charge in [0.25, 0.3) is 0 Å². The van der Waals surface area contributed by atoms with E-state index in [1.807, 2.05) is 19.1 Å². The van der Waals surface area contributed by atoms with Crippen molar-refractivity contribution in [1.29, 1.82) is 0 Å². The van der Waals surface area contributed by atoms with Gasteiger partial charge in [0.15, 0.2) is 0 Å². The van der Waals surface area contributed by atoms with Gasteiger partial charge in [0.2, 0.25) is 0 Å². The summed E-state index contributed by atoms with van der Waals surface area (Å²) in [7, 11) is 1.77. The molecule has 0 aromatic heterocycles. The standard InChI is InChI=1S/C8H14N2O/c1-6-4-5-7(10-9-3)8(6,2)11/h4-5,9-11H,1-3H3. The normalized spacial score (nSPS) is 29.8. The van der Waals surface area contributed by atoms with E-state index in [1.165, 1.54) is 0 Å². The second-order valence-corrected chi connectivity index (χ2v) is 2.88. The highest BCUT2D eigenvalue weighted by molar-refractivity contribution is 5.39. The van der Waals surface area contributed by atoms with Gasteiger partial charge in [-0.05, 0) is 25.5 Å². The van der Waals surface area contributed by atoms with Gasteiger partial charge in [-0.15, -0.1) is 0 Å². The minimum Gasteiger partial charge on any atom is -0.379 e. The molecular formula is C8H14N2O. The predicted molar refractivity (Wildman–Crippen MR) is 44.7 cm³/mol. The van der Waals surface area contributed by atoms with E-state index in [1.54, 1.807) is 14.0 Å². The minimum atomic E-state index is -0.830. The van der Waals surface area contributed by atoms with Gasteiger partial charge < -0.3 is 10.5 Å². The van der Waals surface area contributed by atoms with Crippen molar-refractivity contribution in [3.63, 3.8) is 0 Å². The minimum absolute atomic E-state index is 0.789. The Morgan fingerprint density at radius 2 is 2.09 bits per heavy atom. The molecule has 62 valence electrons. The van der Waals surface area contributed by atoms with Crippen LogP contribution < -0.4 is 10.9 Å². The Kier molecular flexibility index (Phi) is 2.02. The van der Waals surface area contributed by atoms with Crippen LogP contribution in [0, 0.1) is 0 Å². The zero-order valence-electron chi connectivity index (χ0n) is 7.10. The fourth-order valence-electron chi connectivity index (χ4n) is 1.04. The molecule has 11 heavy (non-hydrogen) atoms. The van der Waals surface area contributed by atoms with Crippen molar-refractivity contribution in [1.82, 2.24) is 10.9 Å². The van der Waals surface area contributed by atoms with Gasteiger partial charge in [0.1, 0.15) is 5.60 Å². The van der Waals surface area contributed by atoms with Crippen molar-refractivity contribution in [2.24, 2.45) is 0 Å². The van der Waals surface area contributed by atoms with Crippen LogP contribution in [0.15, 0.2) is 23.4 Å². The number of hydrogen-bond acceptors (Lipinski definition) is 3. The number of hydrogen-bond donors (Lipinski definition) is 3. The van der Waals surface area contributed by atoms with E-state index >= 15 is 0 Å². The average molecular weight is 154 g/mol. The van der Waals surface area contributed by atoms with E-state index in [0.717, 1.165) is 11.3 Å². The van der Waals surface area contributed by atoms with Crippen LogP contribution in [0.25, 0.3) is 0 Å². The summed E-state index contributed by atoms with van der Waals surface area (Å²) in [4.78, 5) is 0. The smallest absolute Gasteiger partial charge is 0.123 e. The fourth-order valence-corrected chi connectivity index (χ4v) is 1.04. The van der Waals surface area contributed by atoms with Crippen molar-refractivity contribution >= 4 is 0 Å². The Balaban J connectivity index is 2.75. The monoisotopic (exact) mass is 154 g/mol. The summed E-state index contributed by atoms with van der Waals surface area (Å²) in [5.74, 6) is 0. The van der Waals surface area contributed by atoms with Crippen molar-refractivity contribution in [2.75, 3.05) is 7.05 Å². The highest BCUT2D eigenvalue weighted by Crippen LogP contribution is 2.28. The molecule has 1 aliphatic carbocycles. The molecule has 0 spiro atoms. The van der Waals surface area contributed by atoms with Gasteiger partial charge in [0.05, 0.1) is 5.70 Å². The molecule has 1 unspecified atom stereocenters. The maximum Gasteiger partial charge on any atom is 0.123 e. The Labute approximate surface area is 66.8 Å². The lowest BCUT2D eigenvalue weighted by Crippen LogP contribution is -2.39. The first kappa shape index (κ1) is 8.30. The number of aliphatic hydroxyl groups is 1. The van der Waals surface area contributed by atoms with Crippen LogP contribution in [-0.4, -0.2) is 17.8 Å². The highest BCUT2D eigenvalue weighted by Gasteiger charge is 2.30. The molecule has 1 rings (SSSR count). The summed E-state index contributed by atoms with van der Waals surface area (Å²) in [6, 6.07) is 0. The summed E-state index contributed by atoms with van der Waals surface area (Å²) >= 11 is 0. The van der Waals surface area contributed by atoms with Crippen LogP contribution in [0.4, 0.5) is 0 Å². The molecule has 3 nitrogen and oxygen atoms in total. The Morgan fingerprint density at radius 3 is 2.45 bits per heavy atom. The molecule has 0 aromatic rings. The molecule has 0 radical (unpaired) electrons. The Bertz CT molecular complexity index is 216. The molecule has 0 aromatic carbocycles. The van der Waals surface area contributed by atoms with Gasteiger partial charge in [-0.1, -0.05) is 6.08 Å². The van der Waals surface area contributed by atoms with Gasteiger partial charge in [-0.3, -0.25) is 0 Å². The predicted octanol–water partition coefficient (Wildman–Crippen LogP) is 0.305. The van der Waals surface area contributed by atoms with Crippen LogP contribution in [-0.2, 0) is 0 Å². The lowest BCUT2D eigenvalue weighted by Gasteiger charge is -2.24. The lowest BCUT2D eigenvalue weighted by atomic mass is 9.99. The molecule has 0 amide bonds. The number of allylic oxidation sites excluding steroid dienone is 2. The Hall–Kier alpha value is -0.800. The van der Waals surface area contributed by atoms with E-state index in [4.69, 9.17) is 0 Å². The topological polar surface area (TPSA) is 44.3 Å². The Morgan fingerprint density at radius 1 is 1.45 bits per heavy atom. The third-order valence-corrected chi connectivity index (χ3v) is 2.05. The quantitative estimate of drug-likeness (QED) is 0.501. The second-order valence-electron chi connectivity index (χ2n) is 2.88. The second kappa shape index (κ2) is 2.68. The summed E-state index contributed by atoms with van der Waals surface area (Å²) in [6.07, 6.45) is 3.77. The zero-order chi connectivity index (χ0) is 8.48. The number of nitrogens with one attached hydrogen (secondary N) is 2. The summed E-state index contributed by atoms with van der Waals surface area (Å²) in [6.45, 7) is 3.67. The number of hydrazine groups is 1. The van der Waals surface area contributed by atoms with Crippen LogP contribution in [0.3, 0.4) is 0 Å². The maximum atomic E-state index is 9.81. The van der Waals surface area contributed by atoms with Crippen molar-refractivity contribution in [3.05, 3.63) is 23.4 Å². The first-order chi connectivity index (χ1) is 5.09. The third kappa shape index (κ3) is 1.29. The molecule has 0 bridgehead atoms. The molecule has 1 atom stereocenters. The van der Waals surface area contributed by atoms with Gasteiger partial charge in [-0.2, -0.15) is 0 Å². The van der Waals surface area contributed by atoms with E-state index in [9.17, 15) is 5.11 Å². The van der Waals surface area contributed by atoms with Crippen LogP contribution in [0.2, 0.25) is 0 Å². The van der Waals surface area contributed by atoms with Gasteiger partial charge in [0, 0.05) is 7.05 Å². The molecule has 1 aliphatic rings. The lowest BCUT2D eigenvalue weighted by molar-refractivity contribution is 0.131. The number of rotatable bonds is 2. The van der Waals surface area contributed by atoms with Crippen LogP contribution in [0.5, 0.6) is 0 Å². The molecule has 0 saturated carbocycles. The molecule has 0 saturated heterocycles. The highest BCUT2D eigenvalue weighted by atomic mass is 16.3. The first-order valence-corrected chi connectivity index (χ1v) is 3.63. The van der Waals surface area contributed by atoms with Crippen molar-refractivity contribution in [3.8, 4) is 0 Å². The van der Waals surface area contributed by atoms with E-state index < -0.39 is 5.60 Å². The molecule has 0 heterocycles. The van der Waals surface area contributed by atoms with Crippen LogP contribution >= 0.6 is 0 Å². The van der Waals surface area contributed by atoms with Crippen LogP contribution in [0.1, 0.15) is 13.8 Å². The summed E-state index contributed by atoms with van der Waals surface area (Å²) in [5.41, 5.74) is 6.56. The third-order valence-electron chi connectivity index (χ3n) is 2.05. The van der Waals surface area contributed by atoms with E-state index in [0.29, 0.717) is 0 Å². The van der Waals surface area contributed by atoms with Gasteiger partial charge in [-0.25, -0.2) is 5.43 Å². The molecule has 3 heteroatoms. The first-order valence-electron chi connectivity index (χ1n) is 3.63. The summed E-state index contributed by atoms with van der Waals surface area (Å²) < 4.78 is 0. The van der Waals surface area contributed by atoms with Gasteiger partial charge >= 0.3 is 0 Å². The fraction of sp³-hybridized carbons (Fsp3) is 0.500. The SMILES string of the molecule is CNNC1=CC=C(C)C1(C)O.